The van der Waals surface area contributed by atoms with Crippen molar-refractivity contribution in [1.82, 2.24) is 0 Å². The lowest BCUT2D eigenvalue weighted by Gasteiger charge is -2.31. The Morgan fingerprint density at radius 3 is 2.18 bits per heavy atom. The van der Waals surface area contributed by atoms with Crippen LogP contribution in [0, 0.1) is 5.82 Å². The molecule has 1 heterocycles. The van der Waals surface area contributed by atoms with Crippen molar-refractivity contribution in [3.63, 3.8) is 0 Å². The number of fused-ring (bicyclic) bond motifs is 1. The fourth-order valence-corrected chi connectivity index (χ4v) is 5.00. The lowest BCUT2D eigenvalue weighted by molar-refractivity contribution is -0.138. The van der Waals surface area contributed by atoms with Crippen LogP contribution in [-0.4, -0.2) is 21.6 Å². The molecule has 0 bridgehead atoms. The summed E-state index contributed by atoms with van der Waals surface area (Å²) >= 11 is 0. The third kappa shape index (κ3) is 4.54. The topological polar surface area (TPSA) is 46.6 Å². The van der Waals surface area contributed by atoms with Crippen molar-refractivity contribution >= 4 is 15.7 Å². The minimum absolute atomic E-state index is 0.0537. The predicted octanol–water partition coefficient (Wildman–Crippen LogP) is 6.12. The molecular weight excluding hydrogens is 491 g/mol. The third-order valence-electron chi connectivity index (χ3n) is 5.09. The van der Waals surface area contributed by atoms with Crippen LogP contribution in [-0.2, 0) is 22.4 Å². The van der Waals surface area contributed by atoms with Gasteiger partial charge in [-0.15, -0.1) is 0 Å². The van der Waals surface area contributed by atoms with E-state index in [0.29, 0.717) is 18.2 Å². The molecule has 34 heavy (non-hydrogen) atoms. The molecule has 0 N–H and O–H groups in total. The van der Waals surface area contributed by atoms with E-state index in [1.807, 2.05) is 0 Å². The average molecular weight is 505 g/mol. The van der Waals surface area contributed by atoms with Gasteiger partial charge in [0.1, 0.15) is 18.2 Å². The van der Waals surface area contributed by atoms with E-state index < -0.39 is 44.2 Å². The molecule has 0 spiro atoms. The summed E-state index contributed by atoms with van der Waals surface area (Å²) in [6.45, 7) is -0.366. The number of ether oxygens (including phenoxy) is 1. The molecule has 0 radical (unpaired) electrons. The highest BCUT2D eigenvalue weighted by Gasteiger charge is 2.35. The summed E-state index contributed by atoms with van der Waals surface area (Å²) in [7, 11) is -4.50. The number of anilines is 1. The van der Waals surface area contributed by atoms with Crippen LogP contribution in [0.1, 0.15) is 11.1 Å². The molecule has 3 aromatic rings. The van der Waals surface area contributed by atoms with Gasteiger partial charge in [-0.2, -0.15) is 26.3 Å². The van der Waals surface area contributed by atoms with Gasteiger partial charge in [0.2, 0.25) is 0 Å². The normalized spacial score (nSPS) is 14.5. The monoisotopic (exact) mass is 505 g/mol. The number of hydrogen-bond donors (Lipinski definition) is 0. The molecular formula is C22H14F7NO3S. The van der Waals surface area contributed by atoms with Crippen LogP contribution in [0.4, 0.5) is 36.4 Å². The fraction of sp³-hybridized carbons (Fsp3) is 0.182. The molecule has 1 aliphatic heterocycles. The molecule has 0 amide bonds. The number of rotatable bonds is 3. The summed E-state index contributed by atoms with van der Waals surface area (Å²) in [6, 6.07) is 8.90. The summed E-state index contributed by atoms with van der Waals surface area (Å²) in [5.41, 5.74) is -2.60. The molecule has 0 atom stereocenters. The van der Waals surface area contributed by atoms with Gasteiger partial charge in [-0.05, 0) is 59.7 Å². The first-order valence-corrected chi connectivity index (χ1v) is 11.1. The van der Waals surface area contributed by atoms with Gasteiger partial charge in [0.15, 0.2) is 0 Å². The van der Waals surface area contributed by atoms with E-state index >= 15 is 0 Å². The summed E-state index contributed by atoms with van der Waals surface area (Å²) in [4.78, 5) is -0.620. The Balaban J connectivity index is 1.81. The van der Waals surface area contributed by atoms with E-state index in [9.17, 15) is 39.2 Å². The summed E-state index contributed by atoms with van der Waals surface area (Å²) in [5.74, 6) is -1.09. The van der Waals surface area contributed by atoms with Gasteiger partial charge >= 0.3 is 12.4 Å². The molecule has 4 nitrogen and oxygen atoms in total. The SMILES string of the molecule is O=S(=O)(c1cccc(C(F)(F)F)c1)N1CCOc2ccc(-c3cc(F)cc(C(F)(F)F)c3)cc21. The van der Waals surface area contributed by atoms with Crippen molar-refractivity contribution in [2.45, 2.75) is 17.2 Å². The Bertz CT molecular complexity index is 1350. The van der Waals surface area contributed by atoms with Crippen LogP contribution < -0.4 is 9.04 Å². The third-order valence-corrected chi connectivity index (χ3v) is 6.90. The van der Waals surface area contributed by atoms with E-state index in [1.165, 1.54) is 18.2 Å². The second-order valence-electron chi connectivity index (χ2n) is 7.36. The molecule has 3 aromatic carbocycles. The molecule has 1 aliphatic rings. The zero-order valence-corrected chi connectivity index (χ0v) is 17.7. The first kappa shape index (κ1) is 23.9. The largest absolute Gasteiger partial charge is 0.489 e. The number of alkyl halides is 6. The van der Waals surface area contributed by atoms with Crippen molar-refractivity contribution in [3.05, 3.63) is 77.6 Å². The van der Waals surface area contributed by atoms with Gasteiger partial charge in [0.25, 0.3) is 10.0 Å². The summed E-state index contributed by atoms with van der Waals surface area (Å²) < 4.78 is 125. The number of hydrogen-bond acceptors (Lipinski definition) is 3. The lowest BCUT2D eigenvalue weighted by Crippen LogP contribution is -2.38. The van der Waals surface area contributed by atoms with Crippen molar-refractivity contribution in [3.8, 4) is 16.9 Å². The Hall–Kier alpha value is -3.28. The number of benzene rings is 3. The van der Waals surface area contributed by atoms with E-state index in [0.717, 1.165) is 28.6 Å². The number of sulfonamides is 1. The summed E-state index contributed by atoms with van der Waals surface area (Å²) in [5, 5.41) is 0. The van der Waals surface area contributed by atoms with Crippen LogP contribution >= 0.6 is 0 Å². The predicted molar refractivity (Wildman–Crippen MR) is 108 cm³/mol. The molecule has 180 valence electrons. The lowest BCUT2D eigenvalue weighted by atomic mass is 10.0. The van der Waals surface area contributed by atoms with E-state index in [1.54, 1.807) is 0 Å². The van der Waals surface area contributed by atoms with Crippen LogP contribution in [0.2, 0.25) is 0 Å². The molecule has 0 aliphatic carbocycles. The molecule has 0 fully saturated rings. The smallest absolute Gasteiger partial charge is 0.416 e. The van der Waals surface area contributed by atoms with E-state index in [-0.39, 0.29) is 35.7 Å². The van der Waals surface area contributed by atoms with Gasteiger partial charge in [-0.3, -0.25) is 4.31 Å². The zero-order valence-electron chi connectivity index (χ0n) is 16.9. The summed E-state index contributed by atoms with van der Waals surface area (Å²) in [6.07, 6.45) is -9.58. The Kier molecular flexibility index (Phi) is 5.75. The maximum absolute atomic E-state index is 13.9. The highest BCUT2D eigenvalue weighted by Crippen LogP contribution is 2.40. The van der Waals surface area contributed by atoms with Crippen molar-refractivity contribution in [1.29, 1.82) is 0 Å². The van der Waals surface area contributed by atoms with Crippen LogP contribution in [0.3, 0.4) is 0 Å². The minimum Gasteiger partial charge on any atom is -0.489 e. The first-order chi connectivity index (χ1) is 15.8. The zero-order chi connectivity index (χ0) is 24.9. The highest BCUT2D eigenvalue weighted by molar-refractivity contribution is 7.92. The Morgan fingerprint density at radius 2 is 1.50 bits per heavy atom. The standard InChI is InChI=1S/C22H14F7NO3S/c23-17-9-14(8-16(11-17)22(27,28)29)13-4-5-20-19(10-13)30(6-7-33-20)34(31,32)18-3-1-2-15(12-18)21(24,25)26/h1-5,8-12H,6-7H2. The molecule has 0 saturated carbocycles. The van der Waals surface area contributed by atoms with Gasteiger partial charge in [0.05, 0.1) is 28.3 Å². The van der Waals surface area contributed by atoms with E-state index in [4.69, 9.17) is 4.74 Å². The maximum atomic E-state index is 13.9. The van der Waals surface area contributed by atoms with Crippen LogP contribution in [0.5, 0.6) is 5.75 Å². The average Bonchev–Trinajstić information content (AvgIpc) is 2.76. The van der Waals surface area contributed by atoms with Crippen molar-refractivity contribution in [2.24, 2.45) is 0 Å². The highest BCUT2D eigenvalue weighted by atomic mass is 32.2. The van der Waals surface area contributed by atoms with Gasteiger partial charge < -0.3 is 4.74 Å². The second kappa shape index (κ2) is 8.19. The number of nitrogens with zero attached hydrogens (tertiary/aromatic N) is 1. The molecule has 12 heteroatoms. The molecule has 0 aromatic heterocycles. The molecule has 0 unspecified atom stereocenters. The van der Waals surface area contributed by atoms with Gasteiger partial charge in [-0.25, -0.2) is 12.8 Å². The van der Waals surface area contributed by atoms with E-state index in [2.05, 4.69) is 0 Å². The maximum Gasteiger partial charge on any atom is 0.416 e. The number of halogens is 7. The molecule has 4 rings (SSSR count). The Morgan fingerprint density at radius 1 is 0.794 bits per heavy atom. The quantitative estimate of drug-likeness (QED) is 0.403. The van der Waals surface area contributed by atoms with Crippen molar-refractivity contribution < 1.29 is 43.9 Å². The Labute approximate surface area is 189 Å². The fourth-order valence-electron chi connectivity index (χ4n) is 3.50. The van der Waals surface area contributed by atoms with Gasteiger partial charge in [0, 0.05) is 0 Å². The van der Waals surface area contributed by atoms with Crippen molar-refractivity contribution in [2.75, 3.05) is 17.5 Å². The molecule has 0 saturated heterocycles. The van der Waals surface area contributed by atoms with Crippen LogP contribution in [0.15, 0.2) is 65.6 Å². The first-order valence-electron chi connectivity index (χ1n) is 9.62. The minimum atomic E-state index is -4.81. The van der Waals surface area contributed by atoms with Gasteiger partial charge in [-0.1, -0.05) is 12.1 Å². The van der Waals surface area contributed by atoms with Crippen LogP contribution in [0.25, 0.3) is 11.1 Å². The second-order valence-corrected chi connectivity index (χ2v) is 9.22.